The van der Waals surface area contributed by atoms with Gasteiger partial charge in [0.2, 0.25) is 0 Å². The van der Waals surface area contributed by atoms with E-state index >= 15 is 0 Å². The normalized spacial score (nSPS) is 11.7. The van der Waals surface area contributed by atoms with Gasteiger partial charge in [-0.25, -0.2) is 0 Å². The van der Waals surface area contributed by atoms with Gasteiger partial charge in [-0.05, 0) is 6.92 Å². The summed E-state index contributed by atoms with van der Waals surface area (Å²) < 4.78 is 35.9. The molecule has 12 heavy (non-hydrogen) atoms. The zero-order valence-electron chi connectivity index (χ0n) is 6.20. The van der Waals surface area contributed by atoms with Gasteiger partial charge in [0.05, 0.1) is 0 Å². The van der Waals surface area contributed by atoms with Gasteiger partial charge < -0.3 is 4.98 Å². The summed E-state index contributed by atoms with van der Waals surface area (Å²) in [6.45, 7) is 1.40. The SMILES string of the molecule is Cc1cc(=O)cc(C(F)(F)F)[nH]1. The lowest BCUT2D eigenvalue weighted by molar-refractivity contribution is -0.141. The third-order valence-electron chi connectivity index (χ3n) is 1.28. The third-order valence-corrected chi connectivity index (χ3v) is 1.28. The van der Waals surface area contributed by atoms with Crippen LogP contribution in [0.15, 0.2) is 16.9 Å². The van der Waals surface area contributed by atoms with Crippen LogP contribution in [0.5, 0.6) is 0 Å². The number of aromatic amines is 1. The van der Waals surface area contributed by atoms with Crippen molar-refractivity contribution in [1.82, 2.24) is 4.98 Å². The number of aryl methyl sites for hydroxylation is 1. The van der Waals surface area contributed by atoms with Crippen molar-refractivity contribution in [3.63, 3.8) is 0 Å². The molecule has 0 bridgehead atoms. The van der Waals surface area contributed by atoms with E-state index in [4.69, 9.17) is 0 Å². The molecule has 1 heterocycles. The van der Waals surface area contributed by atoms with Crippen molar-refractivity contribution in [2.75, 3.05) is 0 Å². The van der Waals surface area contributed by atoms with Crippen molar-refractivity contribution >= 4 is 0 Å². The lowest BCUT2D eigenvalue weighted by Gasteiger charge is -2.06. The van der Waals surface area contributed by atoms with Crippen LogP contribution in [0.3, 0.4) is 0 Å². The Kier molecular flexibility index (Phi) is 1.95. The first-order chi connectivity index (χ1) is 5.39. The van der Waals surface area contributed by atoms with Crippen LogP contribution in [0.1, 0.15) is 11.4 Å². The molecule has 66 valence electrons. The number of alkyl halides is 3. The number of aromatic nitrogens is 1. The smallest absolute Gasteiger partial charge is 0.355 e. The molecule has 0 unspecified atom stereocenters. The molecule has 1 aromatic rings. The van der Waals surface area contributed by atoms with Crippen molar-refractivity contribution in [3.8, 4) is 0 Å². The molecule has 0 aliphatic carbocycles. The van der Waals surface area contributed by atoms with E-state index in [1.165, 1.54) is 6.92 Å². The van der Waals surface area contributed by atoms with E-state index in [-0.39, 0.29) is 5.69 Å². The van der Waals surface area contributed by atoms with Crippen LogP contribution in [-0.2, 0) is 6.18 Å². The Bertz CT molecular complexity index is 339. The van der Waals surface area contributed by atoms with Crippen LogP contribution in [0.4, 0.5) is 13.2 Å². The molecule has 1 aromatic heterocycles. The van der Waals surface area contributed by atoms with Gasteiger partial charge in [-0.2, -0.15) is 13.2 Å². The minimum absolute atomic E-state index is 0.204. The number of pyridine rings is 1. The van der Waals surface area contributed by atoms with Crippen LogP contribution in [-0.4, -0.2) is 4.98 Å². The second-order valence-electron chi connectivity index (χ2n) is 2.41. The summed E-state index contributed by atoms with van der Waals surface area (Å²) in [5.74, 6) is 0. The Hall–Kier alpha value is -1.26. The minimum atomic E-state index is -4.48. The number of hydrogen-bond acceptors (Lipinski definition) is 1. The Morgan fingerprint density at radius 3 is 2.33 bits per heavy atom. The van der Waals surface area contributed by atoms with E-state index in [9.17, 15) is 18.0 Å². The fraction of sp³-hybridized carbons (Fsp3) is 0.286. The Morgan fingerprint density at radius 2 is 1.92 bits per heavy atom. The van der Waals surface area contributed by atoms with Crippen LogP contribution in [0.25, 0.3) is 0 Å². The van der Waals surface area contributed by atoms with Crippen molar-refractivity contribution in [2.45, 2.75) is 13.1 Å². The molecule has 0 saturated heterocycles. The van der Waals surface area contributed by atoms with Crippen LogP contribution in [0, 0.1) is 6.92 Å². The summed E-state index contributed by atoms with van der Waals surface area (Å²) in [5, 5.41) is 0. The van der Waals surface area contributed by atoms with Crippen molar-refractivity contribution in [1.29, 1.82) is 0 Å². The molecule has 0 atom stereocenters. The lowest BCUT2D eigenvalue weighted by atomic mass is 10.3. The summed E-state index contributed by atoms with van der Waals surface area (Å²) in [5.41, 5.74) is -1.44. The summed E-state index contributed by atoms with van der Waals surface area (Å²) in [4.78, 5) is 12.7. The van der Waals surface area contributed by atoms with Gasteiger partial charge in [-0.1, -0.05) is 0 Å². The minimum Gasteiger partial charge on any atom is -0.355 e. The maximum Gasteiger partial charge on any atom is 0.431 e. The second-order valence-corrected chi connectivity index (χ2v) is 2.41. The van der Waals surface area contributed by atoms with Gasteiger partial charge in [0.1, 0.15) is 5.69 Å². The molecule has 0 radical (unpaired) electrons. The van der Waals surface area contributed by atoms with Gasteiger partial charge in [0.15, 0.2) is 5.43 Å². The molecule has 1 rings (SSSR count). The van der Waals surface area contributed by atoms with Gasteiger partial charge in [0.25, 0.3) is 0 Å². The zero-order valence-corrected chi connectivity index (χ0v) is 6.20. The molecule has 0 amide bonds. The molecule has 0 spiro atoms. The quantitative estimate of drug-likeness (QED) is 0.642. The van der Waals surface area contributed by atoms with E-state index in [2.05, 4.69) is 4.98 Å². The summed E-state index contributed by atoms with van der Waals surface area (Å²) in [6.07, 6.45) is -4.48. The Morgan fingerprint density at radius 1 is 1.33 bits per heavy atom. The van der Waals surface area contributed by atoms with Crippen molar-refractivity contribution in [2.24, 2.45) is 0 Å². The maximum atomic E-state index is 12.0. The first kappa shape index (κ1) is 8.83. The van der Waals surface area contributed by atoms with Crippen molar-refractivity contribution in [3.05, 3.63) is 33.7 Å². The highest BCUT2D eigenvalue weighted by molar-refractivity contribution is 5.12. The molecular formula is C7H6F3NO. The molecule has 2 nitrogen and oxygen atoms in total. The van der Waals surface area contributed by atoms with E-state index in [1.807, 2.05) is 0 Å². The molecule has 0 fully saturated rings. The molecule has 0 aliphatic heterocycles. The molecule has 0 aromatic carbocycles. The number of hydrogen-bond donors (Lipinski definition) is 1. The number of H-pyrrole nitrogens is 1. The largest absolute Gasteiger partial charge is 0.431 e. The molecule has 1 N–H and O–H groups in total. The monoisotopic (exact) mass is 177 g/mol. The van der Waals surface area contributed by atoms with Gasteiger partial charge in [0, 0.05) is 17.8 Å². The van der Waals surface area contributed by atoms with Gasteiger partial charge in [-0.15, -0.1) is 0 Å². The highest BCUT2D eigenvalue weighted by Gasteiger charge is 2.31. The first-order valence-electron chi connectivity index (χ1n) is 3.18. The Labute approximate surface area is 66.0 Å². The fourth-order valence-corrected chi connectivity index (χ4v) is 0.835. The first-order valence-corrected chi connectivity index (χ1v) is 3.18. The molecule has 0 aliphatic rings. The van der Waals surface area contributed by atoms with E-state index < -0.39 is 17.3 Å². The standard InChI is InChI=1S/C7H6F3NO/c1-4-2-5(12)3-6(11-4)7(8,9)10/h2-3H,1H3,(H,11,12). The number of nitrogens with one attached hydrogen (secondary N) is 1. The average molecular weight is 177 g/mol. The molecular weight excluding hydrogens is 171 g/mol. The summed E-state index contributed by atoms with van der Waals surface area (Å²) >= 11 is 0. The van der Waals surface area contributed by atoms with Gasteiger partial charge in [-0.3, -0.25) is 4.79 Å². The topological polar surface area (TPSA) is 32.9 Å². The second kappa shape index (κ2) is 2.66. The van der Waals surface area contributed by atoms with Crippen LogP contribution < -0.4 is 5.43 Å². The zero-order chi connectivity index (χ0) is 9.35. The van der Waals surface area contributed by atoms with E-state index in [0.29, 0.717) is 6.07 Å². The maximum absolute atomic E-state index is 12.0. The highest BCUT2D eigenvalue weighted by atomic mass is 19.4. The lowest BCUT2D eigenvalue weighted by Crippen LogP contribution is -2.13. The van der Waals surface area contributed by atoms with Crippen molar-refractivity contribution < 1.29 is 13.2 Å². The number of rotatable bonds is 0. The van der Waals surface area contributed by atoms with E-state index in [0.717, 1.165) is 6.07 Å². The van der Waals surface area contributed by atoms with Gasteiger partial charge >= 0.3 is 6.18 Å². The summed E-state index contributed by atoms with van der Waals surface area (Å²) in [6, 6.07) is 1.64. The number of halogens is 3. The predicted molar refractivity (Wildman–Crippen MR) is 36.8 cm³/mol. The summed E-state index contributed by atoms with van der Waals surface area (Å²) in [7, 11) is 0. The van der Waals surface area contributed by atoms with E-state index in [1.54, 1.807) is 0 Å². The highest BCUT2D eigenvalue weighted by Crippen LogP contribution is 2.26. The van der Waals surface area contributed by atoms with Crippen LogP contribution >= 0.6 is 0 Å². The third kappa shape index (κ3) is 1.87. The van der Waals surface area contributed by atoms with Crippen LogP contribution in [0.2, 0.25) is 0 Å². The predicted octanol–water partition coefficient (Wildman–Crippen LogP) is 1.70. The average Bonchev–Trinajstić information content (AvgIpc) is 1.82. The fourth-order valence-electron chi connectivity index (χ4n) is 0.835. The Balaban J connectivity index is 3.27. The molecule has 0 saturated carbocycles. The molecule has 5 heteroatoms.